The smallest absolute Gasteiger partial charge is 0.260 e. The molecule has 0 bridgehead atoms. The minimum atomic E-state index is -0.657. The van der Waals surface area contributed by atoms with E-state index in [9.17, 15) is 14.7 Å². The van der Waals surface area contributed by atoms with Crippen molar-refractivity contribution in [3.8, 4) is 5.75 Å². The lowest BCUT2D eigenvalue weighted by molar-refractivity contribution is -0.119. The van der Waals surface area contributed by atoms with Crippen molar-refractivity contribution >= 4 is 17.5 Å². The van der Waals surface area contributed by atoms with Crippen molar-refractivity contribution in [1.29, 1.82) is 0 Å². The Morgan fingerprint density at radius 1 is 1.42 bits per heavy atom. The first-order chi connectivity index (χ1) is 9.11. The molecule has 2 heterocycles. The molecule has 2 aliphatic heterocycles. The van der Waals surface area contributed by atoms with Gasteiger partial charge >= 0.3 is 0 Å². The van der Waals surface area contributed by atoms with Gasteiger partial charge in [0, 0.05) is 13.0 Å². The molecule has 1 saturated heterocycles. The summed E-state index contributed by atoms with van der Waals surface area (Å²) in [5, 5.41) is 12.4. The van der Waals surface area contributed by atoms with Crippen LogP contribution in [-0.4, -0.2) is 47.6 Å². The third-order valence-corrected chi connectivity index (χ3v) is 3.56. The molecule has 19 heavy (non-hydrogen) atoms. The summed E-state index contributed by atoms with van der Waals surface area (Å²) in [7, 11) is 1.48. The molecule has 0 spiro atoms. The van der Waals surface area contributed by atoms with Crippen LogP contribution in [0.1, 0.15) is 16.8 Å². The number of aliphatic hydroxyl groups is 1. The number of hydrogen-bond acceptors (Lipinski definition) is 4. The van der Waals surface area contributed by atoms with Gasteiger partial charge in [-0.25, -0.2) is 0 Å². The van der Waals surface area contributed by atoms with Crippen molar-refractivity contribution in [3.63, 3.8) is 0 Å². The van der Waals surface area contributed by atoms with Crippen LogP contribution in [0.4, 0.5) is 5.69 Å². The van der Waals surface area contributed by atoms with Gasteiger partial charge in [-0.3, -0.25) is 9.59 Å². The Balaban J connectivity index is 2.12. The van der Waals surface area contributed by atoms with Gasteiger partial charge < -0.3 is 20.1 Å². The van der Waals surface area contributed by atoms with E-state index in [-0.39, 0.29) is 24.8 Å². The normalized spacial score (nSPS) is 25.5. The number of ether oxygens (including phenoxy) is 1. The SMILES string of the molecule is COc1cccc2c1C(=O)N1C[C@H](O)C[C@H]1C(=O)N2. The second kappa shape index (κ2) is 4.24. The summed E-state index contributed by atoms with van der Waals surface area (Å²) in [6.07, 6.45) is -0.385. The number of amides is 2. The zero-order valence-corrected chi connectivity index (χ0v) is 10.4. The van der Waals surface area contributed by atoms with Crippen LogP contribution in [0.15, 0.2) is 18.2 Å². The number of fused-ring (bicyclic) bond motifs is 2. The van der Waals surface area contributed by atoms with Crippen molar-refractivity contribution in [2.24, 2.45) is 0 Å². The largest absolute Gasteiger partial charge is 0.496 e. The molecule has 3 rings (SSSR count). The molecule has 1 fully saturated rings. The minimum Gasteiger partial charge on any atom is -0.496 e. The molecule has 100 valence electrons. The van der Waals surface area contributed by atoms with Crippen LogP contribution in [0.2, 0.25) is 0 Å². The quantitative estimate of drug-likeness (QED) is 0.759. The van der Waals surface area contributed by atoms with Crippen LogP contribution < -0.4 is 10.1 Å². The Hall–Kier alpha value is -2.08. The summed E-state index contributed by atoms with van der Waals surface area (Å²) in [5.41, 5.74) is 0.799. The Kier molecular flexibility index (Phi) is 2.67. The van der Waals surface area contributed by atoms with Crippen LogP contribution in [0.3, 0.4) is 0 Å². The number of benzene rings is 1. The van der Waals surface area contributed by atoms with Crippen LogP contribution in [0.5, 0.6) is 5.75 Å². The third kappa shape index (κ3) is 1.76. The molecule has 0 unspecified atom stereocenters. The highest BCUT2D eigenvalue weighted by molar-refractivity contribution is 6.11. The molecule has 6 nitrogen and oxygen atoms in total. The standard InChI is InChI=1S/C13H14N2O4/c1-19-10-4-2-3-8-11(10)13(18)15-6-7(16)5-9(15)12(17)14-8/h2-4,7,9,16H,5-6H2,1H3,(H,14,17)/t7-,9+/m1/s1. The van der Waals surface area contributed by atoms with Crippen molar-refractivity contribution in [1.82, 2.24) is 4.90 Å². The maximum Gasteiger partial charge on any atom is 0.260 e. The number of carbonyl (C=O) groups excluding carboxylic acids is 2. The van der Waals surface area contributed by atoms with Crippen LogP contribution >= 0.6 is 0 Å². The van der Waals surface area contributed by atoms with Gasteiger partial charge in [0.25, 0.3) is 5.91 Å². The summed E-state index contributed by atoms with van der Waals surface area (Å²) in [6.45, 7) is 0.175. The van der Waals surface area contributed by atoms with Gasteiger partial charge in [0.2, 0.25) is 5.91 Å². The van der Waals surface area contributed by atoms with E-state index < -0.39 is 12.1 Å². The van der Waals surface area contributed by atoms with Gasteiger partial charge in [-0.2, -0.15) is 0 Å². The van der Waals surface area contributed by atoms with Gasteiger partial charge in [-0.1, -0.05) is 6.07 Å². The maximum absolute atomic E-state index is 12.5. The number of nitrogens with zero attached hydrogens (tertiary/aromatic N) is 1. The summed E-state index contributed by atoms with van der Waals surface area (Å²) < 4.78 is 5.19. The highest BCUT2D eigenvalue weighted by Gasteiger charge is 2.43. The van der Waals surface area contributed by atoms with Crippen LogP contribution in [-0.2, 0) is 4.79 Å². The van der Waals surface area contributed by atoms with E-state index in [2.05, 4.69) is 5.32 Å². The average molecular weight is 262 g/mol. The van der Waals surface area contributed by atoms with Crippen molar-refractivity contribution < 1.29 is 19.4 Å². The Labute approximate surface area is 110 Å². The highest BCUT2D eigenvalue weighted by atomic mass is 16.5. The van der Waals surface area contributed by atoms with E-state index in [1.165, 1.54) is 12.0 Å². The van der Waals surface area contributed by atoms with Crippen molar-refractivity contribution in [2.45, 2.75) is 18.6 Å². The van der Waals surface area contributed by atoms with E-state index in [4.69, 9.17) is 4.74 Å². The lowest BCUT2D eigenvalue weighted by atomic mass is 10.1. The Morgan fingerprint density at radius 3 is 2.95 bits per heavy atom. The zero-order chi connectivity index (χ0) is 13.6. The second-order valence-electron chi connectivity index (χ2n) is 4.73. The van der Waals surface area contributed by atoms with E-state index in [1.54, 1.807) is 18.2 Å². The van der Waals surface area contributed by atoms with Gasteiger partial charge in [-0.05, 0) is 12.1 Å². The molecule has 0 aliphatic carbocycles. The lowest BCUT2D eigenvalue weighted by Gasteiger charge is -2.20. The molecule has 0 aromatic heterocycles. The third-order valence-electron chi connectivity index (χ3n) is 3.56. The summed E-state index contributed by atoms with van der Waals surface area (Å²) in [4.78, 5) is 26.0. The molecular weight excluding hydrogens is 248 g/mol. The maximum atomic E-state index is 12.5. The predicted octanol–water partition coefficient (Wildman–Crippen LogP) is 0.223. The second-order valence-corrected chi connectivity index (χ2v) is 4.73. The molecule has 2 atom stereocenters. The molecule has 1 aromatic carbocycles. The first-order valence-electron chi connectivity index (χ1n) is 6.08. The van der Waals surface area contributed by atoms with E-state index >= 15 is 0 Å². The molecule has 2 amide bonds. The molecule has 0 radical (unpaired) electrons. The van der Waals surface area contributed by atoms with Crippen LogP contribution in [0, 0.1) is 0 Å². The number of nitrogens with one attached hydrogen (secondary N) is 1. The number of aliphatic hydroxyl groups excluding tert-OH is 1. The number of anilines is 1. The van der Waals surface area contributed by atoms with E-state index in [0.29, 0.717) is 17.0 Å². The minimum absolute atomic E-state index is 0.175. The lowest BCUT2D eigenvalue weighted by Crippen LogP contribution is -2.40. The van der Waals surface area contributed by atoms with Crippen LogP contribution in [0.25, 0.3) is 0 Å². The first kappa shape index (κ1) is 12.0. The number of rotatable bonds is 1. The fraction of sp³-hybridized carbons (Fsp3) is 0.385. The van der Waals surface area contributed by atoms with Gasteiger partial charge in [0.05, 0.1) is 18.9 Å². The molecule has 2 aliphatic rings. The fourth-order valence-corrected chi connectivity index (χ4v) is 2.67. The molecule has 0 saturated carbocycles. The van der Waals surface area contributed by atoms with Crippen molar-refractivity contribution in [2.75, 3.05) is 19.0 Å². The van der Waals surface area contributed by atoms with Gasteiger partial charge in [-0.15, -0.1) is 0 Å². The molecular formula is C13H14N2O4. The number of methoxy groups -OCH3 is 1. The topological polar surface area (TPSA) is 78.9 Å². The molecule has 2 N–H and O–H groups in total. The van der Waals surface area contributed by atoms with E-state index in [0.717, 1.165) is 0 Å². The van der Waals surface area contributed by atoms with E-state index in [1.807, 2.05) is 0 Å². The predicted molar refractivity (Wildman–Crippen MR) is 67.1 cm³/mol. The molecule has 1 aromatic rings. The summed E-state index contributed by atoms with van der Waals surface area (Å²) >= 11 is 0. The molecule has 6 heteroatoms. The number of hydrogen-bond donors (Lipinski definition) is 2. The summed E-state index contributed by atoms with van der Waals surface area (Å²) in [5.74, 6) is -0.130. The highest BCUT2D eigenvalue weighted by Crippen LogP contribution is 2.33. The fourth-order valence-electron chi connectivity index (χ4n) is 2.67. The average Bonchev–Trinajstić information content (AvgIpc) is 2.76. The number of carbonyl (C=O) groups is 2. The summed E-state index contributed by atoms with van der Waals surface area (Å²) in [6, 6.07) is 4.46. The Bertz CT molecular complexity index is 558. The monoisotopic (exact) mass is 262 g/mol. The first-order valence-corrected chi connectivity index (χ1v) is 6.08. The zero-order valence-electron chi connectivity index (χ0n) is 10.4. The van der Waals surface area contributed by atoms with Crippen molar-refractivity contribution in [3.05, 3.63) is 23.8 Å². The Morgan fingerprint density at radius 2 is 2.21 bits per heavy atom. The van der Waals surface area contributed by atoms with Gasteiger partial charge in [0.1, 0.15) is 17.4 Å². The van der Waals surface area contributed by atoms with Gasteiger partial charge in [0.15, 0.2) is 0 Å².